The third kappa shape index (κ3) is 22.8. The van der Waals surface area contributed by atoms with Crippen molar-refractivity contribution in [2.45, 2.75) is 161 Å². The van der Waals surface area contributed by atoms with Crippen LogP contribution in [-0.4, -0.2) is 190 Å². The maximum atomic E-state index is 13.6. The van der Waals surface area contributed by atoms with Crippen LogP contribution in [0.1, 0.15) is 158 Å². The maximum absolute atomic E-state index is 13.6. The van der Waals surface area contributed by atoms with Crippen LogP contribution in [0.25, 0.3) is 0 Å². The molecule has 0 aliphatic heterocycles. The number of benzene rings is 2. The topological polar surface area (TPSA) is 359 Å². The smallest absolute Gasteiger partial charge is 0.252 e. The summed E-state index contributed by atoms with van der Waals surface area (Å²) in [7, 11) is 0. The van der Waals surface area contributed by atoms with Crippen LogP contribution < -0.4 is 31.1 Å². The highest BCUT2D eigenvalue weighted by atomic mass is 16.3. The van der Waals surface area contributed by atoms with E-state index < -0.39 is 126 Å². The summed E-state index contributed by atoms with van der Waals surface area (Å²) in [6.07, 6.45) is -5.93. The van der Waals surface area contributed by atoms with E-state index in [-0.39, 0.29) is 79.8 Å². The van der Waals surface area contributed by atoms with Crippen LogP contribution in [0.15, 0.2) is 0 Å². The zero-order valence-electron chi connectivity index (χ0n) is 47.5. The Morgan fingerprint density at radius 2 is 0.635 bits per heavy atom. The molecule has 22 nitrogen and oxygen atoms in total. The molecule has 0 saturated carbocycles. The van der Waals surface area contributed by atoms with Gasteiger partial charge in [0.15, 0.2) is 0 Å². The van der Waals surface area contributed by atoms with Crippen molar-refractivity contribution in [2.75, 3.05) is 75.6 Å². The van der Waals surface area contributed by atoms with Crippen molar-refractivity contribution in [1.82, 2.24) is 21.3 Å². The van der Waals surface area contributed by atoms with Gasteiger partial charge in [0.1, 0.15) is 0 Å². The number of hydrogen-bond donors (Lipinski definition) is 14. The van der Waals surface area contributed by atoms with Gasteiger partial charge in [0.05, 0.1) is 101 Å². The number of carbonyl (C=O) groups excluding carboxylic acids is 6. The largest absolute Gasteiger partial charge is 0.394 e. The van der Waals surface area contributed by atoms with Gasteiger partial charge in [-0.25, -0.2) is 0 Å². The lowest BCUT2D eigenvalue weighted by Crippen LogP contribution is -2.46. The fraction of sp³-hybridized carbons (Fsp3) is 0.654. The van der Waals surface area contributed by atoms with Crippen molar-refractivity contribution in [3.63, 3.8) is 0 Å². The molecule has 4 atom stereocenters. The van der Waals surface area contributed by atoms with E-state index in [9.17, 15) is 79.8 Å². The SMILES string of the molecule is CC.CC.CC.CC.CC.CC.Cc1c(C(=O)NCC(O)CO)c(C)c(N(C=O)CC(O)C(O)CN(C=O)c2c(C)c(C(=O)NCC(O)CO)c(C)c(C(=O)NC(CO)CO)c2C)c(C)c1C(=O)NC(CO)CO. The minimum atomic E-state index is -1.88. The minimum Gasteiger partial charge on any atom is -0.394 e. The second kappa shape index (κ2) is 44.2. The first kappa shape index (κ1) is 77.8. The van der Waals surface area contributed by atoms with Crippen LogP contribution in [0.2, 0.25) is 0 Å². The van der Waals surface area contributed by atoms with Gasteiger partial charge in [-0.3, -0.25) is 28.8 Å². The predicted octanol–water partition coefficient (Wildman–Crippen LogP) is 1.37. The predicted molar refractivity (Wildman–Crippen MR) is 290 cm³/mol. The lowest BCUT2D eigenvalue weighted by Gasteiger charge is -2.32. The van der Waals surface area contributed by atoms with Crippen molar-refractivity contribution in [1.29, 1.82) is 0 Å². The Labute approximate surface area is 440 Å². The zero-order chi connectivity index (χ0) is 59.2. The van der Waals surface area contributed by atoms with E-state index in [1.807, 2.05) is 83.1 Å². The summed E-state index contributed by atoms with van der Waals surface area (Å²) in [6, 6.07) is -2.23. The van der Waals surface area contributed by atoms with Crippen LogP contribution in [0.4, 0.5) is 11.4 Å². The molecular formula is C52H96N6O16. The average Bonchev–Trinajstić information content (AvgIpc) is 3.42. The van der Waals surface area contributed by atoms with Crippen molar-refractivity contribution in [2.24, 2.45) is 0 Å². The number of aliphatic hydroxyl groups is 10. The highest BCUT2D eigenvalue weighted by Gasteiger charge is 2.33. The van der Waals surface area contributed by atoms with Gasteiger partial charge >= 0.3 is 0 Å². The van der Waals surface area contributed by atoms with Gasteiger partial charge in [-0.2, -0.15) is 0 Å². The highest BCUT2D eigenvalue weighted by Crippen LogP contribution is 2.36. The normalized spacial score (nSPS) is 11.6. The van der Waals surface area contributed by atoms with Gasteiger partial charge in [0, 0.05) is 35.3 Å². The Hall–Kier alpha value is -5.14. The average molecular weight is 1060 g/mol. The fourth-order valence-electron chi connectivity index (χ4n) is 7.20. The molecule has 22 heteroatoms. The molecule has 0 aliphatic rings. The summed E-state index contributed by atoms with van der Waals surface area (Å²) in [5.74, 6) is -3.36. The van der Waals surface area contributed by atoms with Crippen molar-refractivity contribution in [3.05, 3.63) is 55.6 Å². The molecule has 14 N–H and O–H groups in total. The monoisotopic (exact) mass is 1060 g/mol. The molecule has 0 aromatic heterocycles. The fourth-order valence-corrected chi connectivity index (χ4v) is 7.20. The van der Waals surface area contributed by atoms with Gasteiger partial charge in [-0.1, -0.05) is 83.1 Å². The number of hydrogen-bond acceptors (Lipinski definition) is 16. The molecule has 0 bridgehead atoms. The van der Waals surface area contributed by atoms with E-state index in [4.69, 9.17) is 0 Å². The Morgan fingerprint density at radius 1 is 0.405 bits per heavy atom. The van der Waals surface area contributed by atoms with E-state index in [2.05, 4.69) is 21.3 Å². The lowest BCUT2D eigenvalue weighted by molar-refractivity contribution is -0.109. The first-order chi connectivity index (χ1) is 35.2. The number of rotatable bonds is 25. The van der Waals surface area contributed by atoms with Gasteiger partial charge in [-0.05, 0) is 74.9 Å². The molecular weight excluding hydrogens is 965 g/mol. The molecule has 0 heterocycles. The molecule has 0 fully saturated rings. The summed E-state index contributed by atoms with van der Waals surface area (Å²) >= 11 is 0. The van der Waals surface area contributed by atoms with E-state index in [0.29, 0.717) is 0 Å². The molecule has 4 unspecified atom stereocenters. The summed E-state index contributed by atoms with van der Waals surface area (Å²) in [5, 5.41) is 109. The number of anilines is 2. The van der Waals surface area contributed by atoms with Gasteiger partial charge in [0.25, 0.3) is 23.6 Å². The summed E-state index contributed by atoms with van der Waals surface area (Å²) in [4.78, 5) is 81.7. The molecule has 0 aliphatic carbocycles. The Balaban J connectivity index is -0.00000123. The number of carbonyl (C=O) groups is 6. The number of amides is 6. The minimum absolute atomic E-state index is 0.0708. The summed E-state index contributed by atoms with van der Waals surface area (Å²) < 4.78 is 0. The number of nitrogens with zero attached hydrogens (tertiary/aromatic N) is 2. The molecule has 0 saturated heterocycles. The Morgan fingerprint density at radius 3 is 0.838 bits per heavy atom. The highest BCUT2D eigenvalue weighted by molar-refractivity contribution is 6.08. The molecule has 430 valence electrons. The molecule has 74 heavy (non-hydrogen) atoms. The van der Waals surface area contributed by atoms with E-state index in [1.54, 1.807) is 0 Å². The van der Waals surface area contributed by atoms with Crippen LogP contribution in [-0.2, 0) is 9.59 Å². The van der Waals surface area contributed by atoms with Crippen LogP contribution >= 0.6 is 0 Å². The van der Waals surface area contributed by atoms with Crippen molar-refractivity contribution in [3.8, 4) is 0 Å². The van der Waals surface area contributed by atoms with Crippen LogP contribution in [0.5, 0.6) is 0 Å². The molecule has 2 rings (SSSR count). The summed E-state index contributed by atoms with van der Waals surface area (Å²) in [5.41, 5.74) is -0.126. The first-order valence-corrected chi connectivity index (χ1v) is 25.5. The van der Waals surface area contributed by atoms with Crippen LogP contribution in [0.3, 0.4) is 0 Å². The molecule has 0 radical (unpaired) electrons. The molecule has 2 aromatic carbocycles. The van der Waals surface area contributed by atoms with Crippen LogP contribution in [0, 0.1) is 41.5 Å². The first-order valence-electron chi connectivity index (χ1n) is 25.5. The second-order valence-electron chi connectivity index (χ2n) is 14.8. The lowest BCUT2D eigenvalue weighted by atomic mass is 9.89. The van der Waals surface area contributed by atoms with Crippen molar-refractivity contribution < 1.29 is 79.8 Å². The number of aliphatic hydroxyl groups excluding tert-OH is 10. The quantitative estimate of drug-likeness (QED) is 0.0625. The van der Waals surface area contributed by atoms with Crippen molar-refractivity contribution >= 4 is 47.8 Å². The third-order valence-corrected chi connectivity index (χ3v) is 10.3. The summed E-state index contributed by atoms with van der Waals surface area (Å²) in [6.45, 7) is 26.4. The third-order valence-electron chi connectivity index (χ3n) is 10.3. The zero-order valence-corrected chi connectivity index (χ0v) is 47.5. The molecule has 0 spiro atoms. The second-order valence-corrected chi connectivity index (χ2v) is 14.8. The van der Waals surface area contributed by atoms with Gasteiger partial charge < -0.3 is 82.1 Å². The Bertz CT molecular complexity index is 1790. The van der Waals surface area contributed by atoms with E-state index in [0.717, 1.165) is 9.80 Å². The van der Waals surface area contributed by atoms with Gasteiger partial charge in [-0.15, -0.1) is 0 Å². The molecule has 6 amide bonds. The maximum Gasteiger partial charge on any atom is 0.252 e. The number of nitrogens with one attached hydrogen (secondary N) is 4. The van der Waals surface area contributed by atoms with E-state index >= 15 is 0 Å². The van der Waals surface area contributed by atoms with E-state index in [1.165, 1.54) is 41.5 Å². The van der Waals surface area contributed by atoms with Gasteiger partial charge in [0.2, 0.25) is 12.8 Å². The Kier molecular flexibility index (Phi) is 46.4. The standard InChI is InChI=1S/C40H60N6O16.6C2H6/c1-19-31(37(59)41-7-27(55)15-51)21(3)35(23(5)33(19)39(61)43-25(11-47)12-48)45(17-53)9-29(57)30(58)10-46(18-54)36-22(4)32(38(60)42-8-28(56)16-52)20(2)34(24(36)6)40(62)44-26(13-49)14-50;6*1-2/h17-18,25-30,47-52,55-58H,7-16H2,1-6H3,(H,41,59)(H,42,60)(H,43,61)(H,44,62);6*1-2H3. The molecule has 2 aromatic rings.